The minimum Gasteiger partial charge on any atom is -0.490 e. The number of nitrogens with zero attached hydrogens (tertiary/aromatic N) is 2. The SMILES string of the molecule is CN1C(=O)c2cc(NC(=O)c3ccccc3C#N)ccc2OC[C@@H]2O[C@H](CC(=O)NC3Cc4ccccc4C3)CC[C@@H]21. The lowest BCUT2D eigenvalue weighted by atomic mass is 9.94. The fraction of sp³-hybridized carbons (Fsp3) is 0.333. The summed E-state index contributed by atoms with van der Waals surface area (Å²) in [6.07, 6.45) is 2.65. The van der Waals surface area contributed by atoms with Crippen LogP contribution in [0.3, 0.4) is 0 Å². The molecule has 214 valence electrons. The number of benzene rings is 3. The smallest absolute Gasteiger partial charge is 0.257 e. The highest BCUT2D eigenvalue weighted by Gasteiger charge is 2.39. The highest BCUT2D eigenvalue weighted by Crippen LogP contribution is 2.33. The van der Waals surface area contributed by atoms with Crippen LogP contribution in [0.15, 0.2) is 66.7 Å². The molecule has 0 unspecified atom stereocenters. The van der Waals surface area contributed by atoms with Gasteiger partial charge >= 0.3 is 0 Å². The number of nitriles is 1. The van der Waals surface area contributed by atoms with Crippen LogP contribution in [0.25, 0.3) is 0 Å². The standard InChI is InChI=1S/C33H32N4O5/c1-37-28-12-11-25(17-31(38)35-24-14-20-6-2-3-7-21(20)15-24)42-30(28)19-41-29-13-10-23(16-27(29)33(37)40)36-32(39)26-9-5-4-8-22(26)18-34/h2-10,13,16,24-25,28,30H,11-12,14-15,17,19H2,1H3,(H,35,38)(H,36,39)/t25-,28-,30-/m0/s1. The molecule has 1 saturated heterocycles. The molecular formula is C33H32N4O5. The third-order valence-corrected chi connectivity index (χ3v) is 8.39. The second-order valence-corrected chi connectivity index (χ2v) is 11.1. The number of carbonyl (C=O) groups is 3. The molecule has 42 heavy (non-hydrogen) atoms. The van der Waals surface area contributed by atoms with E-state index in [-0.39, 0.29) is 60.3 Å². The Labute approximate surface area is 244 Å². The summed E-state index contributed by atoms with van der Waals surface area (Å²) in [5.41, 5.74) is 3.86. The van der Waals surface area contributed by atoms with Gasteiger partial charge in [0.05, 0.1) is 41.3 Å². The summed E-state index contributed by atoms with van der Waals surface area (Å²) in [6, 6.07) is 21.7. The van der Waals surface area contributed by atoms with Crippen molar-refractivity contribution in [3.05, 3.63) is 94.5 Å². The molecule has 2 N–H and O–H groups in total. The van der Waals surface area contributed by atoms with Crippen molar-refractivity contribution in [1.82, 2.24) is 10.2 Å². The maximum atomic E-state index is 13.6. The molecule has 1 aliphatic carbocycles. The zero-order valence-corrected chi connectivity index (χ0v) is 23.3. The predicted molar refractivity (Wildman–Crippen MR) is 155 cm³/mol. The van der Waals surface area contributed by atoms with Crippen molar-refractivity contribution in [1.29, 1.82) is 5.26 Å². The fourth-order valence-electron chi connectivity index (χ4n) is 6.24. The third-order valence-electron chi connectivity index (χ3n) is 8.39. The molecule has 3 atom stereocenters. The van der Waals surface area contributed by atoms with E-state index in [0.717, 1.165) is 12.8 Å². The first-order valence-corrected chi connectivity index (χ1v) is 14.3. The van der Waals surface area contributed by atoms with Crippen LogP contribution in [0.4, 0.5) is 5.69 Å². The Morgan fingerprint density at radius 3 is 2.52 bits per heavy atom. The van der Waals surface area contributed by atoms with Gasteiger partial charge in [-0.1, -0.05) is 36.4 Å². The first kappa shape index (κ1) is 27.5. The van der Waals surface area contributed by atoms with Crippen molar-refractivity contribution < 1.29 is 23.9 Å². The number of ether oxygens (including phenoxy) is 2. The van der Waals surface area contributed by atoms with E-state index in [1.807, 2.05) is 18.2 Å². The minimum absolute atomic E-state index is 0.0234. The monoisotopic (exact) mass is 564 g/mol. The van der Waals surface area contributed by atoms with Crippen molar-refractivity contribution in [2.45, 2.75) is 56.4 Å². The van der Waals surface area contributed by atoms with Crippen LogP contribution in [0.5, 0.6) is 5.75 Å². The van der Waals surface area contributed by atoms with E-state index >= 15 is 0 Å². The first-order chi connectivity index (χ1) is 20.4. The number of carbonyl (C=O) groups excluding carboxylic acids is 3. The normalized spacial score (nSPS) is 21.5. The highest BCUT2D eigenvalue weighted by molar-refractivity contribution is 6.07. The van der Waals surface area contributed by atoms with Gasteiger partial charge in [0, 0.05) is 18.8 Å². The Morgan fingerprint density at radius 1 is 1.02 bits per heavy atom. The predicted octanol–water partition coefficient (Wildman–Crippen LogP) is 3.86. The number of likely N-dealkylation sites (N-methyl/N-ethyl adjacent to an activating group) is 1. The van der Waals surface area contributed by atoms with Gasteiger partial charge in [0.2, 0.25) is 5.91 Å². The van der Waals surface area contributed by atoms with Crippen LogP contribution in [-0.4, -0.2) is 60.6 Å². The van der Waals surface area contributed by atoms with Gasteiger partial charge in [-0.25, -0.2) is 0 Å². The van der Waals surface area contributed by atoms with Gasteiger partial charge in [-0.05, 0) is 67.1 Å². The number of anilines is 1. The molecule has 0 radical (unpaired) electrons. The van der Waals surface area contributed by atoms with Gasteiger partial charge < -0.3 is 25.0 Å². The third kappa shape index (κ3) is 5.58. The molecule has 0 spiro atoms. The number of hydrogen-bond donors (Lipinski definition) is 2. The number of nitrogens with one attached hydrogen (secondary N) is 2. The second kappa shape index (κ2) is 11.7. The van der Waals surface area contributed by atoms with Crippen molar-refractivity contribution >= 4 is 23.4 Å². The molecular weight excluding hydrogens is 532 g/mol. The van der Waals surface area contributed by atoms with Crippen molar-refractivity contribution in [3.63, 3.8) is 0 Å². The number of rotatable bonds is 5. The lowest BCUT2D eigenvalue weighted by Gasteiger charge is -2.42. The lowest BCUT2D eigenvalue weighted by Crippen LogP contribution is -2.54. The van der Waals surface area contributed by atoms with E-state index in [2.05, 4.69) is 22.8 Å². The molecule has 0 aromatic heterocycles. The molecule has 3 amide bonds. The Morgan fingerprint density at radius 2 is 1.76 bits per heavy atom. The summed E-state index contributed by atoms with van der Waals surface area (Å²) in [5, 5.41) is 15.3. The summed E-state index contributed by atoms with van der Waals surface area (Å²) in [6.45, 7) is 0.229. The Hall–Kier alpha value is -4.68. The van der Waals surface area contributed by atoms with Gasteiger partial charge in [-0.15, -0.1) is 0 Å². The summed E-state index contributed by atoms with van der Waals surface area (Å²) >= 11 is 0. The molecule has 2 heterocycles. The summed E-state index contributed by atoms with van der Waals surface area (Å²) < 4.78 is 12.4. The average molecular weight is 565 g/mol. The second-order valence-electron chi connectivity index (χ2n) is 11.1. The van der Waals surface area contributed by atoms with E-state index in [0.29, 0.717) is 29.8 Å². The topological polar surface area (TPSA) is 121 Å². The average Bonchev–Trinajstić information content (AvgIpc) is 3.41. The van der Waals surface area contributed by atoms with Crippen LogP contribution in [-0.2, 0) is 22.4 Å². The number of fused-ring (bicyclic) bond motifs is 3. The molecule has 3 aromatic rings. The van der Waals surface area contributed by atoms with Crippen LogP contribution in [0, 0.1) is 11.3 Å². The molecule has 1 fully saturated rings. The molecule has 9 nitrogen and oxygen atoms in total. The quantitative estimate of drug-likeness (QED) is 0.486. The van der Waals surface area contributed by atoms with Crippen molar-refractivity contribution in [2.24, 2.45) is 0 Å². The maximum absolute atomic E-state index is 13.6. The van der Waals surface area contributed by atoms with Gasteiger partial charge in [0.25, 0.3) is 11.8 Å². The van der Waals surface area contributed by atoms with Gasteiger partial charge in [-0.2, -0.15) is 5.26 Å². The molecule has 0 bridgehead atoms. The van der Waals surface area contributed by atoms with E-state index in [4.69, 9.17) is 9.47 Å². The Bertz CT molecular complexity index is 1560. The van der Waals surface area contributed by atoms with Crippen LogP contribution < -0.4 is 15.4 Å². The zero-order chi connectivity index (χ0) is 29.2. The Kier molecular flexibility index (Phi) is 7.64. The van der Waals surface area contributed by atoms with Crippen LogP contribution in [0.1, 0.15) is 56.7 Å². The molecule has 3 aromatic carbocycles. The van der Waals surface area contributed by atoms with Crippen LogP contribution >= 0.6 is 0 Å². The minimum atomic E-state index is -0.437. The van der Waals surface area contributed by atoms with Gasteiger partial charge in [0.1, 0.15) is 18.5 Å². The van der Waals surface area contributed by atoms with E-state index in [1.165, 1.54) is 11.1 Å². The largest absolute Gasteiger partial charge is 0.490 e. The number of amides is 3. The van der Waals surface area contributed by atoms with Crippen LogP contribution in [0.2, 0.25) is 0 Å². The first-order valence-electron chi connectivity index (χ1n) is 14.3. The van der Waals surface area contributed by atoms with E-state index < -0.39 is 5.91 Å². The fourth-order valence-corrected chi connectivity index (χ4v) is 6.24. The van der Waals surface area contributed by atoms with E-state index in [1.54, 1.807) is 54.4 Å². The molecule has 6 rings (SSSR count). The Balaban J connectivity index is 1.09. The van der Waals surface area contributed by atoms with Gasteiger partial charge in [0.15, 0.2) is 0 Å². The molecule has 0 saturated carbocycles. The van der Waals surface area contributed by atoms with Crippen molar-refractivity contribution in [2.75, 3.05) is 19.0 Å². The van der Waals surface area contributed by atoms with Crippen molar-refractivity contribution in [3.8, 4) is 11.8 Å². The van der Waals surface area contributed by atoms with E-state index in [9.17, 15) is 19.6 Å². The summed E-state index contributed by atoms with van der Waals surface area (Å²) in [4.78, 5) is 41.0. The lowest BCUT2D eigenvalue weighted by molar-refractivity contribution is -0.134. The van der Waals surface area contributed by atoms with Gasteiger partial charge in [-0.3, -0.25) is 14.4 Å². The molecule has 3 aliphatic rings. The molecule has 2 aliphatic heterocycles. The molecule has 9 heteroatoms. The zero-order valence-electron chi connectivity index (χ0n) is 23.3. The number of hydrogen-bond acceptors (Lipinski definition) is 6. The summed E-state index contributed by atoms with van der Waals surface area (Å²) in [5.74, 6) is -0.309. The highest BCUT2D eigenvalue weighted by atomic mass is 16.5. The summed E-state index contributed by atoms with van der Waals surface area (Å²) in [7, 11) is 1.75. The maximum Gasteiger partial charge on any atom is 0.257 e.